The highest BCUT2D eigenvalue weighted by molar-refractivity contribution is 5.77. The molecule has 8 nitrogen and oxygen atoms in total. The zero-order valence-corrected chi connectivity index (χ0v) is 16.4. The van der Waals surface area contributed by atoms with Crippen molar-refractivity contribution in [1.29, 1.82) is 0 Å². The molecule has 8 heteroatoms. The van der Waals surface area contributed by atoms with Crippen molar-refractivity contribution < 1.29 is 13.9 Å². The van der Waals surface area contributed by atoms with Gasteiger partial charge in [-0.15, -0.1) is 10.2 Å². The molecule has 0 radical (unpaired) electrons. The van der Waals surface area contributed by atoms with Gasteiger partial charge in [-0.25, -0.2) is 4.98 Å². The fourth-order valence-corrected chi connectivity index (χ4v) is 3.06. The van der Waals surface area contributed by atoms with Crippen molar-refractivity contribution in [3.8, 4) is 11.5 Å². The molecule has 30 heavy (non-hydrogen) atoms. The Kier molecular flexibility index (Phi) is 5.65. The quantitative estimate of drug-likeness (QED) is 0.469. The summed E-state index contributed by atoms with van der Waals surface area (Å²) in [6.07, 6.45) is 0.482. The summed E-state index contributed by atoms with van der Waals surface area (Å²) in [5, 5.41) is 8.51. The SMILES string of the molecule is CC(OC(=O)CCCc1nc2ccccc2c(=O)[nH]1)c1nnc(-c2ccccc2)o1. The van der Waals surface area contributed by atoms with Crippen LogP contribution in [0, 0.1) is 0 Å². The van der Waals surface area contributed by atoms with Gasteiger partial charge in [0, 0.05) is 18.4 Å². The maximum atomic E-state index is 12.2. The predicted octanol–water partition coefficient (Wildman–Crippen LogP) is 3.60. The molecule has 0 aliphatic rings. The number of carbonyl (C=O) groups excluding carboxylic acids is 1. The number of esters is 1. The number of nitrogens with zero attached hydrogens (tertiary/aromatic N) is 3. The number of fused-ring (bicyclic) bond motifs is 1. The molecular weight excluding hydrogens is 384 g/mol. The maximum Gasteiger partial charge on any atom is 0.306 e. The maximum absolute atomic E-state index is 12.2. The molecular formula is C22H20N4O4. The van der Waals surface area contributed by atoms with Gasteiger partial charge in [0.15, 0.2) is 6.10 Å². The predicted molar refractivity (Wildman–Crippen MR) is 110 cm³/mol. The standard InChI is InChI=1S/C22H20N4O4/c1-14(21-25-26-22(30-21)15-8-3-2-4-9-15)29-19(27)13-7-12-18-23-17-11-6-5-10-16(17)20(28)24-18/h2-6,8-11,14H,7,12-13H2,1H3,(H,23,24,28). The lowest BCUT2D eigenvalue weighted by Gasteiger charge is -2.09. The van der Waals surface area contributed by atoms with Crippen LogP contribution in [0.3, 0.4) is 0 Å². The largest absolute Gasteiger partial charge is 0.453 e. The molecule has 1 unspecified atom stereocenters. The van der Waals surface area contributed by atoms with Crippen molar-refractivity contribution in [2.24, 2.45) is 0 Å². The number of para-hydroxylation sites is 1. The second kappa shape index (κ2) is 8.69. The first kappa shape index (κ1) is 19.5. The molecule has 0 saturated heterocycles. The van der Waals surface area contributed by atoms with E-state index in [0.29, 0.717) is 35.5 Å². The lowest BCUT2D eigenvalue weighted by atomic mass is 10.2. The number of rotatable bonds is 7. The fraction of sp³-hybridized carbons (Fsp3) is 0.227. The number of hydrogen-bond donors (Lipinski definition) is 1. The number of aryl methyl sites for hydroxylation is 1. The molecule has 4 rings (SSSR count). The van der Waals surface area contributed by atoms with Gasteiger partial charge in [0.05, 0.1) is 10.9 Å². The monoisotopic (exact) mass is 404 g/mol. The summed E-state index contributed by atoms with van der Waals surface area (Å²) in [6, 6.07) is 16.5. The van der Waals surface area contributed by atoms with Gasteiger partial charge in [-0.05, 0) is 37.6 Å². The van der Waals surface area contributed by atoms with Gasteiger partial charge in [0.25, 0.3) is 11.4 Å². The van der Waals surface area contributed by atoms with Crippen LogP contribution in [0.1, 0.15) is 37.6 Å². The minimum Gasteiger partial charge on any atom is -0.453 e. The average Bonchev–Trinajstić information content (AvgIpc) is 3.25. The highest BCUT2D eigenvalue weighted by Gasteiger charge is 2.19. The number of H-pyrrole nitrogens is 1. The minimum absolute atomic E-state index is 0.181. The molecule has 0 amide bonds. The van der Waals surface area contributed by atoms with Crippen molar-refractivity contribution in [2.75, 3.05) is 0 Å². The van der Waals surface area contributed by atoms with Gasteiger partial charge >= 0.3 is 5.97 Å². The van der Waals surface area contributed by atoms with Crippen LogP contribution < -0.4 is 5.56 Å². The fourth-order valence-electron chi connectivity index (χ4n) is 3.06. The van der Waals surface area contributed by atoms with E-state index in [-0.39, 0.29) is 23.8 Å². The smallest absolute Gasteiger partial charge is 0.306 e. The Bertz CT molecular complexity index is 1220. The highest BCUT2D eigenvalue weighted by atomic mass is 16.6. The summed E-state index contributed by atoms with van der Waals surface area (Å²) < 4.78 is 11.0. The van der Waals surface area contributed by atoms with Crippen LogP contribution in [-0.4, -0.2) is 26.1 Å². The van der Waals surface area contributed by atoms with E-state index in [1.54, 1.807) is 25.1 Å². The van der Waals surface area contributed by atoms with E-state index in [0.717, 1.165) is 5.56 Å². The van der Waals surface area contributed by atoms with Gasteiger partial charge in [-0.3, -0.25) is 9.59 Å². The van der Waals surface area contributed by atoms with Crippen LogP contribution in [-0.2, 0) is 16.0 Å². The number of carbonyl (C=O) groups is 1. The molecule has 0 aliphatic carbocycles. The Morgan fingerprint density at radius 2 is 1.87 bits per heavy atom. The summed E-state index contributed by atoms with van der Waals surface area (Å²) in [7, 11) is 0. The van der Waals surface area contributed by atoms with Crippen molar-refractivity contribution in [1.82, 2.24) is 20.2 Å². The molecule has 1 N–H and O–H groups in total. The highest BCUT2D eigenvalue weighted by Crippen LogP contribution is 2.22. The van der Waals surface area contributed by atoms with Crippen molar-refractivity contribution in [2.45, 2.75) is 32.3 Å². The first-order valence-electron chi connectivity index (χ1n) is 9.66. The van der Waals surface area contributed by atoms with E-state index < -0.39 is 6.10 Å². The molecule has 4 aromatic rings. The Hall–Kier alpha value is -3.81. The molecule has 0 bridgehead atoms. The number of benzene rings is 2. The molecule has 2 heterocycles. The lowest BCUT2D eigenvalue weighted by Crippen LogP contribution is -2.13. The lowest BCUT2D eigenvalue weighted by molar-refractivity contribution is -0.149. The molecule has 0 saturated carbocycles. The van der Waals surface area contributed by atoms with Crippen LogP contribution >= 0.6 is 0 Å². The summed E-state index contributed by atoms with van der Waals surface area (Å²) in [5.74, 6) is 0.775. The second-order valence-electron chi connectivity index (χ2n) is 6.83. The second-order valence-corrected chi connectivity index (χ2v) is 6.83. The van der Waals surface area contributed by atoms with Crippen molar-refractivity contribution in [3.63, 3.8) is 0 Å². The third-order valence-corrected chi connectivity index (χ3v) is 4.57. The zero-order valence-electron chi connectivity index (χ0n) is 16.4. The normalized spacial score (nSPS) is 12.0. The summed E-state index contributed by atoms with van der Waals surface area (Å²) in [6.45, 7) is 1.68. The third kappa shape index (κ3) is 4.43. The molecule has 152 valence electrons. The van der Waals surface area contributed by atoms with E-state index in [2.05, 4.69) is 20.2 Å². The number of nitrogens with one attached hydrogen (secondary N) is 1. The Morgan fingerprint density at radius 1 is 1.10 bits per heavy atom. The van der Waals surface area contributed by atoms with E-state index in [9.17, 15) is 9.59 Å². The van der Waals surface area contributed by atoms with Gasteiger partial charge in [-0.2, -0.15) is 0 Å². The minimum atomic E-state index is -0.652. The molecule has 0 aliphatic heterocycles. The first-order chi connectivity index (χ1) is 14.6. The topological polar surface area (TPSA) is 111 Å². The van der Waals surface area contributed by atoms with Gasteiger partial charge in [-0.1, -0.05) is 30.3 Å². The van der Waals surface area contributed by atoms with E-state index in [1.807, 2.05) is 36.4 Å². The van der Waals surface area contributed by atoms with Crippen molar-refractivity contribution >= 4 is 16.9 Å². The average molecular weight is 404 g/mol. The van der Waals surface area contributed by atoms with Crippen LogP contribution in [0.25, 0.3) is 22.4 Å². The first-order valence-corrected chi connectivity index (χ1v) is 9.66. The third-order valence-electron chi connectivity index (χ3n) is 4.57. The van der Waals surface area contributed by atoms with E-state index >= 15 is 0 Å². The Morgan fingerprint density at radius 3 is 2.70 bits per heavy atom. The number of aromatic amines is 1. The van der Waals surface area contributed by atoms with Crippen LogP contribution in [0.2, 0.25) is 0 Å². The molecule has 2 aromatic carbocycles. The summed E-state index contributed by atoms with van der Waals surface area (Å²) >= 11 is 0. The van der Waals surface area contributed by atoms with Gasteiger partial charge < -0.3 is 14.1 Å². The summed E-state index contributed by atoms with van der Waals surface area (Å²) in [4.78, 5) is 31.5. The van der Waals surface area contributed by atoms with Gasteiger partial charge in [0.1, 0.15) is 5.82 Å². The summed E-state index contributed by atoms with van der Waals surface area (Å²) in [5.41, 5.74) is 1.25. The van der Waals surface area contributed by atoms with Crippen LogP contribution in [0.5, 0.6) is 0 Å². The van der Waals surface area contributed by atoms with E-state index in [1.165, 1.54) is 0 Å². The molecule has 0 spiro atoms. The number of hydrogen-bond acceptors (Lipinski definition) is 7. The van der Waals surface area contributed by atoms with Gasteiger partial charge in [0.2, 0.25) is 5.89 Å². The molecule has 2 aromatic heterocycles. The Balaban J connectivity index is 1.31. The Labute approximate surface area is 171 Å². The van der Waals surface area contributed by atoms with Crippen molar-refractivity contribution in [3.05, 3.63) is 76.7 Å². The van der Waals surface area contributed by atoms with Crippen LogP contribution in [0.15, 0.2) is 63.8 Å². The van der Waals surface area contributed by atoms with E-state index in [4.69, 9.17) is 9.15 Å². The molecule has 0 fully saturated rings. The van der Waals surface area contributed by atoms with Crippen LogP contribution in [0.4, 0.5) is 0 Å². The number of aromatic nitrogens is 4. The zero-order chi connectivity index (χ0) is 20.9. The molecule has 1 atom stereocenters. The number of ether oxygens (including phenoxy) is 1.